The first-order chi connectivity index (χ1) is 8.20. The standard InChI is InChI=1S/C12H18N2O2S/c1-2-3-6-14(10-4-5-10)7-9-8-17-11(13-9)12(15)16/h8,10H,2-7H2,1H3,(H,15,16). The molecule has 1 aromatic heterocycles. The number of rotatable bonds is 7. The molecule has 0 aliphatic heterocycles. The SMILES string of the molecule is CCCCN(Cc1csc(C(=O)O)n1)C1CC1. The topological polar surface area (TPSA) is 53.4 Å². The minimum atomic E-state index is -0.923. The third-order valence-electron chi connectivity index (χ3n) is 2.96. The molecule has 1 fully saturated rings. The highest BCUT2D eigenvalue weighted by Gasteiger charge is 2.28. The van der Waals surface area contributed by atoms with Crippen LogP contribution in [0.25, 0.3) is 0 Å². The van der Waals surface area contributed by atoms with E-state index in [9.17, 15) is 4.79 Å². The second-order valence-corrected chi connectivity index (χ2v) is 5.36. The summed E-state index contributed by atoms with van der Waals surface area (Å²) >= 11 is 1.22. The van der Waals surface area contributed by atoms with E-state index in [-0.39, 0.29) is 5.01 Å². The largest absolute Gasteiger partial charge is 0.476 e. The lowest BCUT2D eigenvalue weighted by molar-refractivity contribution is 0.0696. The minimum absolute atomic E-state index is 0.200. The van der Waals surface area contributed by atoms with Gasteiger partial charge < -0.3 is 5.11 Å². The maximum Gasteiger partial charge on any atom is 0.365 e. The molecule has 17 heavy (non-hydrogen) atoms. The second kappa shape index (κ2) is 5.60. The molecule has 0 radical (unpaired) electrons. The van der Waals surface area contributed by atoms with Crippen LogP contribution in [-0.4, -0.2) is 33.5 Å². The van der Waals surface area contributed by atoms with E-state index in [0.717, 1.165) is 18.8 Å². The van der Waals surface area contributed by atoms with Crippen LogP contribution in [-0.2, 0) is 6.54 Å². The van der Waals surface area contributed by atoms with E-state index < -0.39 is 5.97 Å². The van der Waals surface area contributed by atoms with Crippen molar-refractivity contribution in [2.24, 2.45) is 0 Å². The Bertz CT molecular complexity index is 388. The fourth-order valence-electron chi connectivity index (χ4n) is 1.88. The molecule has 94 valence electrons. The monoisotopic (exact) mass is 254 g/mol. The molecule has 1 N–H and O–H groups in total. The summed E-state index contributed by atoms with van der Waals surface area (Å²) < 4.78 is 0. The Balaban J connectivity index is 1.93. The number of unbranched alkanes of at least 4 members (excludes halogenated alkanes) is 1. The van der Waals surface area contributed by atoms with Crippen molar-refractivity contribution < 1.29 is 9.90 Å². The number of carboxylic acids is 1. The third-order valence-corrected chi connectivity index (χ3v) is 3.84. The average Bonchev–Trinajstić information content (AvgIpc) is 3.04. The molecule has 1 aliphatic carbocycles. The molecule has 1 aliphatic rings. The van der Waals surface area contributed by atoms with E-state index in [1.54, 1.807) is 0 Å². The maximum atomic E-state index is 10.8. The van der Waals surface area contributed by atoms with Crippen LogP contribution in [0.5, 0.6) is 0 Å². The summed E-state index contributed by atoms with van der Waals surface area (Å²) in [7, 11) is 0. The van der Waals surface area contributed by atoms with Crippen LogP contribution in [0.1, 0.15) is 48.1 Å². The zero-order valence-electron chi connectivity index (χ0n) is 10.1. The number of hydrogen-bond acceptors (Lipinski definition) is 4. The number of carboxylic acid groups (broad SMARTS) is 1. The van der Waals surface area contributed by atoms with E-state index in [4.69, 9.17) is 5.11 Å². The lowest BCUT2D eigenvalue weighted by Gasteiger charge is -2.20. The molecule has 1 heterocycles. The van der Waals surface area contributed by atoms with Gasteiger partial charge in [0.15, 0.2) is 0 Å². The van der Waals surface area contributed by atoms with Crippen LogP contribution >= 0.6 is 11.3 Å². The molecule has 0 bridgehead atoms. The average molecular weight is 254 g/mol. The van der Waals surface area contributed by atoms with Crippen molar-refractivity contribution in [3.05, 3.63) is 16.1 Å². The molecular weight excluding hydrogens is 236 g/mol. The molecule has 5 heteroatoms. The Hall–Kier alpha value is -0.940. The highest BCUT2D eigenvalue weighted by molar-refractivity contribution is 7.11. The molecule has 2 rings (SSSR count). The highest BCUT2D eigenvalue weighted by atomic mass is 32.1. The van der Waals surface area contributed by atoms with Gasteiger partial charge in [-0.05, 0) is 25.8 Å². The number of nitrogens with zero attached hydrogens (tertiary/aromatic N) is 2. The zero-order valence-corrected chi connectivity index (χ0v) is 10.9. The van der Waals surface area contributed by atoms with Crippen LogP contribution < -0.4 is 0 Å². The Labute approximate surface area is 105 Å². The number of hydrogen-bond donors (Lipinski definition) is 1. The number of aromatic nitrogens is 1. The van der Waals surface area contributed by atoms with Crippen molar-refractivity contribution >= 4 is 17.3 Å². The van der Waals surface area contributed by atoms with Gasteiger partial charge in [0.25, 0.3) is 0 Å². The van der Waals surface area contributed by atoms with Crippen molar-refractivity contribution in [1.29, 1.82) is 0 Å². The molecule has 0 aromatic carbocycles. The summed E-state index contributed by atoms with van der Waals surface area (Å²) in [6, 6.07) is 0.705. The van der Waals surface area contributed by atoms with E-state index in [2.05, 4.69) is 16.8 Å². The first kappa shape index (κ1) is 12.5. The minimum Gasteiger partial charge on any atom is -0.476 e. The summed E-state index contributed by atoms with van der Waals surface area (Å²) in [6.07, 6.45) is 4.95. The molecule has 0 atom stereocenters. The normalized spacial score (nSPS) is 15.4. The van der Waals surface area contributed by atoms with Gasteiger partial charge in [-0.1, -0.05) is 13.3 Å². The van der Waals surface area contributed by atoms with Gasteiger partial charge in [-0.3, -0.25) is 4.90 Å². The van der Waals surface area contributed by atoms with Crippen LogP contribution in [0.2, 0.25) is 0 Å². The zero-order chi connectivity index (χ0) is 12.3. The fourth-order valence-corrected chi connectivity index (χ4v) is 2.52. The summed E-state index contributed by atoms with van der Waals surface area (Å²) in [5.74, 6) is -0.923. The molecule has 0 saturated heterocycles. The third kappa shape index (κ3) is 3.51. The van der Waals surface area contributed by atoms with E-state index in [1.165, 1.54) is 37.0 Å². The van der Waals surface area contributed by atoms with Gasteiger partial charge in [-0.25, -0.2) is 9.78 Å². The van der Waals surface area contributed by atoms with Crippen molar-refractivity contribution in [3.8, 4) is 0 Å². The second-order valence-electron chi connectivity index (χ2n) is 4.50. The predicted octanol–water partition coefficient (Wildman–Crippen LogP) is 2.61. The number of carbonyl (C=O) groups is 1. The van der Waals surface area contributed by atoms with Gasteiger partial charge in [0, 0.05) is 18.0 Å². The van der Waals surface area contributed by atoms with Crippen LogP contribution in [0.15, 0.2) is 5.38 Å². The van der Waals surface area contributed by atoms with Crippen molar-refractivity contribution in [1.82, 2.24) is 9.88 Å². The van der Waals surface area contributed by atoms with Gasteiger partial charge in [0.2, 0.25) is 5.01 Å². The van der Waals surface area contributed by atoms with Gasteiger partial charge in [0.1, 0.15) is 0 Å². The molecule has 1 aromatic rings. The quantitative estimate of drug-likeness (QED) is 0.812. The molecular formula is C12H18N2O2S. The highest BCUT2D eigenvalue weighted by Crippen LogP contribution is 2.28. The maximum absolute atomic E-state index is 10.8. The molecule has 0 unspecified atom stereocenters. The van der Waals surface area contributed by atoms with Crippen molar-refractivity contribution in [3.63, 3.8) is 0 Å². The molecule has 4 nitrogen and oxygen atoms in total. The number of aromatic carboxylic acids is 1. The lowest BCUT2D eigenvalue weighted by atomic mass is 10.3. The van der Waals surface area contributed by atoms with E-state index in [0.29, 0.717) is 6.04 Å². The Kier molecular flexibility index (Phi) is 4.12. The van der Waals surface area contributed by atoms with E-state index >= 15 is 0 Å². The number of thiazole rings is 1. The van der Waals surface area contributed by atoms with Gasteiger partial charge >= 0.3 is 5.97 Å². The van der Waals surface area contributed by atoms with Gasteiger partial charge in [-0.2, -0.15) is 0 Å². The first-order valence-electron chi connectivity index (χ1n) is 6.12. The summed E-state index contributed by atoms with van der Waals surface area (Å²) in [5, 5.41) is 10.9. The summed E-state index contributed by atoms with van der Waals surface area (Å²) in [4.78, 5) is 17.3. The molecule has 1 saturated carbocycles. The van der Waals surface area contributed by atoms with Crippen LogP contribution in [0.3, 0.4) is 0 Å². The Morgan fingerprint density at radius 2 is 2.41 bits per heavy atom. The van der Waals surface area contributed by atoms with E-state index in [1.807, 2.05) is 5.38 Å². The Morgan fingerprint density at radius 1 is 1.65 bits per heavy atom. The van der Waals surface area contributed by atoms with Crippen LogP contribution in [0, 0.1) is 0 Å². The lowest BCUT2D eigenvalue weighted by Crippen LogP contribution is -2.26. The summed E-state index contributed by atoms with van der Waals surface area (Å²) in [5.41, 5.74) is 0.899. The predicted molar refractivity (Wildman–Crippen MR) is 67.4 cm³/mol. The fraction of sp³-hybridized carbons (Fsp3) is 0.667. The van der Waals surface area contributed by atoms with Crippen molar-refractivity contribution in [2.75, 3.05) is 6.54 Å². The van der Waals surface area contributed by atoms with Gasteiger partial charge in [-0.15, -0.1) is 11.3 Å². The van der Waals surface area contributed by atoms with Crippen molar-refractivity contribution in [2.45, 2.75) is 45.2 Å². The van der Waals surface area contributed by atoms with Crippen LogP contribution in [0.4, 0.5) is 0 Å². The molecule has 0 amide bonds. The molecule has 0 spiro atoms. The summed E-state index contributed by atoms with van der Waals surface area (Å²) in [6.45, 7) is 4.09. The Morgan fingerprint density at radius 3 is 2.94 bits per heavy atom. The van der Waals surface area contributed by atoms with Gasteiger partial charge in [0.05, 0.1) is 5.69 Å². The first-order valence-corrected chi connectivity index (χ1v) is 7.00. The smallest absolute Gasteiger partial charge is 0.365 e.